The van der Waals surface area contributed by atoms with Gasteiger partial charge in [-0.1, -0.05) is 6.58 Å². The van der Waals surface area contributed by atoms with Gasteiger partial charge in [0.15, 0.2) is 0 Å². The molecule has 4 N–H and O–H groups in total. The first-order valence-corrected chi connectivity index (χ1v) is 9.77. The fourth-order valence-electron chi connectivity index (χ4n) is 2.92. The fraction of sp³-hybridized carbons (Fsp3) is 0.182. The number of pyridine rings is 1. The molecule has 2 aromatic heterocycles. The molecule has 0 bridgehead atoms. The van der Waals surface area contributed by atoms with Gasteiger partial charge < -0.3 is 25.8 Å². The lowest BCUT2D eigenvalue weighted by atomic mass is 10.1. The van der Waals surface area contributed by atoms with Crippen LogP contribution in [0.2, 0.25) is 0 Å². The number of aromatic hydroxyl groups is 1. The topological polar surface area (TPSA) is 121 Å². The van der Waals surface area contributed by atoms with Gasteiger partial charge in [-0.2, -0.15) is 18.2 Å². The summed E-state index contributed by atoms with van der Waals surface area (Å²) in [6.07, 6.45) is -1.69. The molecule has 178 valence electrons. The summed E-state index contributed by atoms with van der Waals surface area (Å²) in [6.45, 7) is 6.72. The summed E-state index contributed by atoms with van der Waals surface area (Å²) in [5.74, 6) is -1.52. The second-order valence-electron chi connectivity index (χ2n) is 7.15. The Hall–Kier alpha value is -4.35. The number of amides is 1. The average molecular weight is 474 g/mol. The first-order valence-electron chi connectivity index (χ1n) is 9.77. The number of halogens is 3. The number of rotatable bonds is 7. The summed E-state index contributed by atoms with van der Waals surface area (Å²) in [4.78, 5) is 23.6. The van der Waals surface area contributed by atoms with E-state index >= 15 is 0 Å². The Bertz CT molecular complexity index is 1250. The number of benzene rings is 1. The molecule has 0 aliphatic heterocycles. The smallest absolute Gasteiger partial charge is 0.421 e. The van der Waals surface area contributed by atoms with Crippen LogP contribution in [0.4, 0.5) is 42.0 Å². The van der Waals surface area contributed by atoms with E-state index in [4.69, 9.17) is 4.74 Å². The first kappa shape index (κ1) is 24.3. The normalized spacial score (nSPS) is 11.0. The lowest BCUT2D eigenvalue weighted by Crippen LogP contribution is -2.14. The molecule has 1 aromatic carbocycles. The number of hydrogen-bond acceptors (Lipinski definition) is 8. The average Bonchev–Trinajstić information content (AvgIpc) is 2.76. The van der Waals surface area contributed by atoms with E-state index in [2.05, 4.69) is 37.5 Å². The molecule has 0 fully saturated rings. The number of nitrogens with one attached hydrogen (secondary N) is 3. The Morgan fingerprint density at radius 2 is 1.85 bits per heavy atom. The molecule has 3 aromatic rings. The van der Waals surface area contributed by atoms with Gasteiger partial charge in [0.05, 0.1) is 18.5 Å². The second kappa shape index (κ2) is 9.65. The van der Waals surface area contributed by atoms with Gasteiger partial charge in [0.25, 0.3) is 0 Å². The molecule has 3 rings (SSSR count). The van der Waals surface area contributed by atoms with Crippen LogP contribution < -0.4 is 20.7 Å². The summed E-state index contributed by atoms with van der Waals surface area (Å²) in [5, 5.41) is 18.2. The van der Waals surface area contributed by atoms with Crippen LogP contribution in [-0.2, 0) is 11.0 Å². The van der Waals surface area contributed by atoms with E-state index in [0.717, 1.165) is 6.08 Å². The van der Waals surface area contributed by atoms with Crippen LogP contribution in [0.3, 0.4) is 0 Å². The molecule has 9 nitrogen and oxygen atoms in total. The van der Waals surface area contributed by atoms with Crippen LogP contribution >= 0.6 is 0 Å². The van der Waals surface area contributed by atoms with Crippen molar-refractivity contribution in [2.45, 2.75) is 20.0 Å². The van der Waals surface area contributed by atoms with Gasteiger partial charge in [0, 0.05) is 18.5 Å². The number of carbonyl (C=O) groups is 1. The minimum atomic E-state index is -4.80. The summed E-state index contributed by atoms with van der Waals surface area (Å²) in [5.41, 5.74) is 0.379. The van der Waals surface area contributed by atoms with E-state index in [0.29, 0.717) is 23.0 Å². The monoisotopic (exact) mass is 474 g/mol. The van der Waals surface area contributed by atoms with Crippen LogP contribution in [-0.4, -0.2) is 33.1 Å². The number of hydrogen-bond donors (Lipinski definition) is 4. The number of carbonyl (C=O) groups excluding carboxylic acids is 1. The largest absolute Gasteiger partial charge is 0.506 e. The van der Waals surface area contributed by atoms with E-state index in [1.807, 2.05) is 0 Å². The third-order valence-electron chi connectivity index (χ3n) is 4.58. The maximum atomic E-state index is 13.7. The van der Waals surface area contributed by atoms with Crippen molar-refractivity contribution in [2.75, 3.05) is 23.1 Å². The van der Waals surface area contributed by atoms with Crippen LogP contribution in [0.15, 0.2) is 43.2 Å². The maximum absolute atomic E-state index is 13.7. The van der Waals surface area contributed by atoms with Crippen LogP contribution in [0.5, 0.6) is 11.6 Å². The van der Waals surface area contributed by atoms with Crippen LogP contribution in [0, 0.1) is 13.8 Å². The van der Waals surface area contributed by atoms with E-state index in [1.54, 1.807) is 13.8 Å². The SMILES string of the molecule is C=CC(=O)Nc1cc(C)cc(O)c1Nc1nc(Nc2cc(OC)ncc2C)ncc1C(F)(F)F. The number of phenolic OH excluding ortho intramolecular Hbond substituents is 1. The van der Waals surface area contributed by atoms with E-state index < -0.39 is 29.2 Å². The summed E-state index contributed by atoms with van der Waals surface area (Å²) in [7, 11) is 1.43. The molecule has 0 unspecified atom stereocenters. The number of aromatic nitrogens is 3. The minimum absolute atomic E-state index is 0.0401. The zero-order valence-corrected chi connectivity index (χ0v) is 18.4. The highest BCUT2D eigenvalue weighted by Gasteiger charge is 2.36. The summed E-state index contributed by atoms with van der Waals surface area (Å²) < 4.78 is 46.1. The molecule has 2 heterocycles. The Morgan fingerprint density at radius 3 is 2.50 bits per heavy atom. The predicted octanol–water partition coefficient (Wildman–Crippen LogP) is 4.83. The number of nitrogens with zero attached hydrogens (tertiary/aromatic N) is 3. The Kier molecular flexibility index (Phi) is 6.89. The zero-order valence-electron chi connectivity index (χ0n) is 18.4. The molecule has 0 aliphatic carbocycles. The summed E-state index contributed by atoms with van der Waals surface area (Å²) in [6, 6.07) is 4.34. The third kappa shape index (κ3) is 5.52. The number of alkyl halides is 3. The van der Waals surface area contributed by atoms with Crippen molar-refractivity contribution in [1.29, 1.82) is 0 Å². The van der Waals surface area contributed by atoms with Gasteiger partial charge in [0.1, 0.15) is 22.8 Å². The van der Waals surface area contributed by atoms with Gasteiger partial charge in [0.2, 0.25) is 17.7 Å². The van der Waals surface area contributed by atoms with E-state index in [1.165, 1.54) is 31.5 Å². The molecule has 0 spiro atoms. The van der Waals surface area contributed by atoms with Crippen molar-refractivity contribution in [3.8, 4) is 11.6 Å². The first-order chi connectivity index (χ1) is 16.0. The lowest BCUT2D eigenvalue weighted by molar-refractivity contribution is -0.137. The molecule has 0 radical (unpaired) electrons. The molecule has 0 saturated heterocycles. The van der Waals surface area contributed by atoms with Gasteiger partial charge in [-0.3, -0.25) is 4.79 Å². The maximum Gasteiger partial charge on any atom is 0.421 e. The molecule has 1 amide bonds. The van der Waals surface area contributed by atoms with Crippen molar-refractivity contribution in [3.05, 3.63) is 59.9 Å². The van der Waals surface area contributed by atoms with Crippen molar-refractivity contribution in [2.24, 2.45) is 0 Å². The van der Waals surface area contributed by atoms with Crippen LogP contribution in [0.25, 0.3) is 0 Å². The Morgan fingerprint density at radius 1 is 1.12 bits per heavy atom. The van der Waals surface area contributed by atoms with Crippen LogP contribution in [0.1, 0.15) is 16.7 Å². The Labute approximate surface area is 192 Å². The molecular weight excluding hydrogens is 453 g/mol. The standard InChI is InChI=1S/C22H21F3N6O3/c1-5-17(33)28-15-6-11(2)7-16(32)19(15)30-20-13(22(23,24)25)10-27-21(31-20)29-14-8-18(34-4)26-9-12(14)3/h5-10,32H,1H2,2-4H3,(H,28,33)(H2,26,27,29,30,31). The number of ether oxygens (including phenoxy) is 1. The van der Waals surface area contributed by atoms with E-state index in [9.17, 15) is 23.1 Å². The van der Waals surface area contributed by atoms with Crippen molar-refractivity contribution >= 4 is 34.7 Å². The van der Waals surface area contributed by atoms with Gasteiger partial charge in [-0.15, -0.1) is 0 Å². The summed E-state index contributed by atoms with van der Waals surface area (Å²) >= 11 is 0. The van der Waals surface area contributed by atoms with Crippen molar-refractivity contribution < 1.29 is 27.8 Å². The minimum Gasteiger partial charge on any atom is -0.506 e. The van der Waals surface area contributed by atoms with Crippen molar-refractivity contribution in [1.82, 2.24) is 15.0 Å². The Balaban J connectivity index is 2.07. The second-order valence-corrected chi connectivity index (χ2v) is 7.15. The van der Waals surface area contributed by atoms with E-state index in [-0.39, 0.29) is 23.2 Å². The lowest BCUT2D eigenvalue weighted by Gasteiger charge is -2.18. The molecule has 0 saturated carbocycles. The van der Waals surface area contributed by atoms with Gasteiger partial charge >= 0.3 is 6.18 Å². The molecule has 34 heavy (non-hydrogen) atoms. The molecule has 0 aliphatic rings. The van der Waals surface area contributed by atoms with Gasteiger partial charge in [-0.25, -0.2) is 9.97 Å². The molecule has 0 atom stereocenters. The zero-order chi connectivity index (χ0) is 25.0. The van der Waals surface area contributed by atoms with Gasteiger partial charge in [-0.05, 0) is 43.2 Å². The highest BCUT2D eigenvalue weighted by molar-refractivity contribution is 6.02. The molecular formula is C22H21F3N6O3. The fourth-order valence-corrected chi connectivity index (χ4v) is 2.92. The third-order valence-corrected chi connectivity index (χ3v) is 4.58. The van der Waals surface area contributed by atoms with Crippen molar-refractivity contribution in [3.63, 3.8) is 0 Å². The number of aryl methyl sites for hydroxylation is 2. The number of methoxy groups -OCH3 is 1. The predicted molar refractivity (Wildman–Crippen MR) is 121 cm³/mol. The number of anilines is 5. The molecule has 12 heteroatoms. The highest BCUT2D eigenvalue weighted by Crippen LogP contribution is 2.40. The number of phenols is 1. The quantitative estimate of drug-likeness (QED) is 0.284. The highest BCUT2D eigenvalue weighted by atomic mass is 19.4.